The molecule has 0 N–H and O–H groups in total. The van der Waals surface area contributed by atoms with Gasteiger partial charge in [-0.3, -0.25) is 4.57 Å². The van der Waals surface area contributed by atoms with Crippen LogP contribution in [0, 0.1) is 11.3 Å². The zero-order chi connectivity index (χ0) is 27.8. The Balaban J connectivity index is 1.38. The Morgan fingerprint density at radius 2 is 1.36 bits per heavy atom. The number of aromatic nitrogens is 3. The molecule has 3 aromatic heterocycles. The Labute approximate surface area is 244 Å². The number of nitriles is 1. The Morgan fingerprint density at radius 1 is 0.595 bits per heavy atom. The normalized spacial score (nSPS) is 11.8. The molecular weight excluding hydrogens is 533 g/mol. The van der Waals surface area contributed by atoms with Crippen LogP contribution in [0.5, 0.6) is 0 Å². The molecule has 4 nitrogen and oxygen atoms in total. The topological polar surface area (TPSA) is 54.5 Å². The van der Waals surface area contributed by atoms with Gasteiger partial charge >= 0.3 is 0 Å². The Hall–Kier alpha value is -5.57. The van der Waals surface area contributed by atoms with E-state index in [4.69, 9.17) is 9.97 Å². The molecule has 42 heavy (non-hydrogen) atoms. The Bertz CT molecular complexity index is 2600. The van der Waals surface area contributed by atoms with Crippen LogP contribution < -0.4 is 0 Å². The second kappa shape index (κ2) is 8.71. The highest BCUT2D eigenvalue weighted by Gasteiger charge is 2.19. The summed E-state index contributed by atoms with van der Waals surface area (Å²) in [4.78, 5) is 9.72. The fraction of sp³-hybridized carbons (Fsp3) is 0. The molecule has 0 unspecified atom stereocenters. The van der Waals surface area contributed by atoms with Crippen molar-refractivity contribution in [1.82, 2.24) is 14.5 Å². The van der Waals surface area contributed by atoms with Gasteiger partial charge in [0.05, 0.1) is 16.6 Å². The molecule has 0 saturated heterocycles. The molecule has 0 fully saturated rings. The van der Waals surface area contributed by atoms with E-state index in [1.807, 2.05) is 41.7 Å². The maximum Gasteiger partial charge on any atom is 0.236 e. The minimum absolute atomic E-state index is 0.374. The summed E-state index contributed by atoms with van der Waals surface area (Å²) < 4.78 is 4.67. The van der Waals surface area contributed by atoms with Crippen LogP contribution in [0.15, 0.2) is 121 Å². The van der Waals surface area contributed by atoms with Gasteiger partial charge in [0, 0.05) is 36.3 Å². The summed E-state index contributed by atoms with van der Waals surface area (Å²) in [5.41, 5.74) is 5.47. The van der Waals surface area contributed by atoms with Crippen molar-refractivity contribution >= 4 is 75.0 Å². The van der Waals surface area contributed by atoms with Gasteiger partial charge in [-0.15, -0.1) is 11.3 Å². The maximum absolute atomic E-state index is 9.97. The van der Waals surface area contributed by atoms with Crippen LogP contribution in [0.1, 0.15) is 5.69 Å². The van der Waals surface area contributed by atoms with E-state index in [0.717, 1.165) is 38.3 Å². The molecule has 0 atom stereocenters. The third-order valence-corrected chi connectivity index (χ3v) is 9.39. The standard InChI is InChI=1S/C37H20N4S/c38-21-30-28-11-3-5-13-29(28)39-37(40-30)41-31-14-6-4-10-26(31)27-18-16-23(20-32(27)41)25-12-7-15-33-36(25)35-24-9-2-1-8-22(24)17-19-34(35)42-33/h1-20H. The van der Waals surface area contributed by atoms with E-state index < -0.39 is 0 Å². The zero-order valence-corrected chi connectivity index (χ0v) is 23.1. The van der Waals surface area contributed by atoms with E-state index in [1.54, 1.807) is 0 Å². The first-order chi connectivity index (χ1) is 20.8. The van der Waals surface area contributed by atoms with Crippen LogP contribution in [0.2, 0.25) is 0 Å². The van der Waals surface area contributed by atoms with Crippen LogP contribution in [0.3, 0.4) is 0 Å². The van der Waals surface area contributed by atoms with Gasteiger partial charge in [0.1, 0.15) is 6.07 Å². The van der Waals surface area contributed by atoms with Gasteiger partial charge in [-0.25, -0.2) is 9.97 Å². The molecule has 0 aliphatic heterocycles. The summed E-state index contributed by atoms with van der Waals surface area (Å²) >= 11 is 1.84. The number of rotatable bonds is 2. The molecule has 9 rings (SSSR count). The third-order valence-electron chi connectivity index (χ3n) is 8.27. The van der Waals surface area contributed by atoms with Gasteiger partial charge in [-0.2, -0.15) is 5.26 Å². The van der Waals surface area contributed by atoms with Crippen molar-refractivity contribution in [3.8, 4) is 23.1 Å². The first kappa shape index (κ1) is 23.2. The van der Waals surface area contributed by atoms with E-state index in [9.17, 15) is 5.26 Å². The SMILES string of the molecule is N#Cc1nc(-n2c3ccccc3c3ccc(-c4cccc5sc6ccc7ccccc7c6c45)cc32)nc2ccccc12. The summed E-state index contributed by atoms with van der Waals surface area (Å²) in [6, 6.07) is 44.7. The Kier molecular flexibility index (Phi) is 4.81. The number of thiophene rings is 1. The second-order valence-corrected chi connectivity index (χ2v) is 11.6. The molecule has 9 aromatic rings. The molecule has 0 spiro atoms. The van der Waals surface area contributed by atoms with E-state index in [0.29, 0.717) is 11.6 Å². The summed E-state index contributed by atoms with van der Waals surface area (Å²) in [6.45, 7) is 0. The highest BCUT2D eigenvalue weighted by Crippen LogP contribution is 2.44. The largest absolute Gasteiger partial charge is 0.278 e. The van der Waals surface area contributed by atoms with Crippen molar-refractivity contribution in [3.63, 3.8) is 0 Å². The molecule has 0 amide bonds. The van der Waals surface area contributed by atoms with Crippen molar-refractivity contribution in [2.24, 2.45) is 0 Å². The fourth-order valence-corrected chi connectivity index (χ4v) is 7.58. The maximum atomic E-state index is 9.97. The molecule has 0 radical (unpaired) electrons. The summed E-state index contributed by atoms with van der Waals surface area (Å²) in [5, 5.41) is 18.1. The average molecular weight is 553 g/mol. The fourth-order valence-electron chi connectivity index (χ4n) is 6.43. The number of hydrogen-bond donors (Lipinski definition) is 0. The van der Waals surface area contributed by atoms with E-state index in [-0.39, 0.29) is 0 Å². The van der Waals surface area contributed by atoms with Crippen molar-refractivity contribution in [3.05, 3.63) is 127 Å². The van der Waals surface area contributed by atoms with Crippen LogP contribution in [-0.2, 0) is 0 Å². The number of para-hydroxylation sites is 2. The monoisotopic (exact) mass is 552 g/mol. The molecule has 0 aliphatic rings. The second-order valence-electron chi connectivity index (χ2n) is 10.5. The lowest BCUT2D eigenvalue weighted by atomic mass is 9.96. The van der Waals surface area contributed by atoms with Crippen molar-refractivity contribution in [2.45, 2.75) is 0 Å². The molecule has 194 valence electrons. The number of nitrogens with zero attached hydrogens (tertiary/aromatic N) is 4. The van der Waals surface area contributed by atoms with Gasteiger partial charge in [0.25, 0.3) is 0 Å². The van der Waals surface area contributed by atoms with E-state index in [1.165, 1.54) is 36.5 Å². The first-order valence-corrected chi connectivity index (χ1v) is 14.6. The molecule has 3 heterocycles. The molecule has 6 aromatic carbocycles. The number of hydrogen-bond acceptors (Lipinski definition) is 4. The first-order valence-electron chi connectivity index (χ1n) is 13.8. The lowest BCUT2D eigenvalue weighted by Crippen LogP contribution is -2.03. The minimum Gasteiger partial charge on any atom is -0.278 e. The van der Waals surface area contributed by atoms with Gasteiger partial charge in [0.2, 0.25) is 5.95 Å². The van der Waals surface area contributed by atoms with Crippen LogP contribution in [0.4, 0.5) is 0 Å². The summed E-state index contributed by atoms with van der Waals surface area (Å²) in [6.07, 6.45) is 0. The third kappa shape index (κ3) is 3.21. The molecule has 0 saturated carbocycles. The molecule has 0 aliphatic carbocycles. The van der Waals surface area contributed by atoms with Gasteiger partial charge < -0.3 is 0 Å². The van der Waals surface area contributed by atoms with Crippen LogP contribution >= 0.6 is 11.3 Å². The summed E-state index contributed by atoms with van der Waals surface area (Å²) in [5.74, 6) is 0.499. The number of fused-ring (bicyclic) bond motifs is 9. The number of benzene rings is 6. The highest BCUT2D eigenvalue weighted by molar-refractivity contribution is 7.26. The predicted molar refractivity (Wildman–Crippen MR) is 174 cm³/mol. The average Bonchev–Trinajstić information content (AvgIpc) is 3.60. The van der Waals surface area contributed by atoms with Crippen molar-refractivity contribution < 1.29 is 0 Å². The summed E-state index contributed by atoms with van der Waals surface area (Å²) in [7, 11) is 0. The molecule has 0 bridgehead atoms. The van der Waals surface area contributed by atoms with Crippen molar-refractivity contribution in [2.75, 3.05) is 0 Å². The van der Waals surface area contributed by atoms with Crippen molar-refractivity contribution in [1.29, 1.82) is 5.26 Å². The Morgan fingerprint density at radius 3 is 2.26 bits per heavy atom. The van der Waals surface area contributed by atoms with Crippen LogP contribution in [0.25, 0.3) is 80.7 Å². The molecule has 5 heteroatoms. The lowest BCUT2D eigenvalue weighted by Gasteiger charge is -2.10. The highest BCUT2D eigenvalue weighted by atomic mass is 32.1. The van der Waals surface area contributed by atoms with Gasteiger partial charge in [-0.05, 0) is 58.3 Å². The van der Waals surface area contributed by atoms with E-state index in [2.05, 4.69) is 102 Å². The lowest BCUT2D eigenvalue weighted by molar-refractivity contribution is 1.00. The van der Waals surface area contributed by atoms with Gasteiger partial charge in [0.15, 0.2) is 5.69 Å². The predicted octanol–water partition coefficient (Wildman–Crippen LogP) is 9.79. The minimum atomic E-state index is 0.374. The zero-order valence-electron chi connectivity index (χ0n) is 22.2. The van der Waals surface area contributed by atoms with E-state index >= 15 is 0 Å². The van der Waals surface area contributed by atoms with Crippen LogP contribution in [-0.4, -0.2) is 14.5 Å². The van der Waals surface area contributed by atoms with Gasteiger partial charge in [-0.1, -0.05) is 84.9 Å². The molecular formula is C37H20N4S. The quantitative estimate of drug-likeness (QED) is 0.214. The smallest absolute Gasteiger partial charge is 0.236 e.